The second-order valence-corrected chi connectivity index (χ2v) is 9.91. The molecule has 1 aliphatic heterocycles. The van der Waals surface area contributed by atoms with E-state index in [0.29, 0.717) is 6.42 Å². The maximum absolute atomic E-state index is 12.5. The Hall–Kier alpha value is -3.71. The van der Waals surface area contributed by atoms with Crippen LogP contribution < -0.4 is 4.74 Å². The van der Waals surface area contributed by atoms with Crippen molar-refractivity contribution in [1.29, 1.82) is 0 Å². The number of hydrogen-bond acceptors (Lipinski definition) is 6. The zero-order valence-corrected chi connectivity index (χ0v) is 20.7. The van der Waals surface area contributed by atoms with E-state index in [1.807, 2.05) is 36.4 Å². The standard InChI is InChI=1S/C30H30FN3O3.CH4/c31-14-2-15-34-16-13-25(19-34)36-24-9-5-20(6-10-24)30-26(22-7-12-28-29(18-22)33-37-32-28)4-1-3-21-17-23(35)8-11-27(21)30;/h5-12,17-18,25,35H,1-4,13-16,19H2;1H4/t25-;/m0./s1. The molecule has 1 atom stereocenters. The van der Waals surface area contributed by atoms with Crippen LogP contribution >= 0.6 is 0 Å². The molecule has 1 fully saturated rings. The Labute approximate surface area is 222 Å². The summed E-state index contributed by atoms with van der Waals surface area (Å²) < 4.78 is 23.7. The molecule has 1 saturated heterocycles. The van der Waals surface area contributed by atoms with E-state index in [1.54, 1.807) is 6.07 Å². The Morgan fingerprint density at radius 3 is 2.63 bits per heavy atom. The fourth-order valence-corrected chi connectivity index (χ4v) is 5.63. The van der Waals surface area contributed by atoms with E-state index in [4.69, 9.17) is 9.37 Å². The molecule has 38 heavy (non-hydrogen) atoms. The van der Waals surface area contributed by atoms with Crippen LogP contribution in [0.2, 0.25) is 0 Å². The topological polar surface area (TPSA) is 71.6 Å². The van der Waals surface area contributed by atoms with Gasteiger partial charge in [-0.2, -0.15) is 0 Å². The summed E-state index contributed by atoms with van der Waals surface area (Å²) in [7, 11) is 0. The van der Waals surface area contributed by atoms with Crippen LogP contribution in [0.4, 0.5) is 4.39 Å². The second kappa shape index (κ2) is 11.4. The lowest BCUT2D eigenvalue weighted by Gasteiger charge is -2.18. The van der Waals surface area contributed by atoms with Crippen LogP contribution in [0.25, 0.3) is 22.2 Å². The van der Waals surface area contributed by atoms with Gasteiger partial charge in [0.15, 0.2) is 0 Å². The lowest BCUT2D eigenvalue weighted by atomic mass is 9.87. The zero-order chi connectivity index (χ0) is 25.2. The van der Waals surface area contributed by atoms with Crippen molar-refractivity contribution in [3.8, 4) is 11.5 Å². The smallest absolute Gasteiger partial charge is 0.135 e. The third-order valence-electron chi connectivity index (χ3n) is 7.42. The Balaban J connectivity index is 0.00000294. The van der Waals surface area contributed by atoms with E-state index in [2.05, 4.69) is 33.4 Å². The van der Waals surface area contributed by atoms with Gasteiger partial charge in [0.1, 0.15) is 28.6 Å². The first-order valence-corrected chi connectivity index (χ1v) is 13.0. The first-order valence-electron chi connectivity index (χ1n) is 13.0. The molecule has 1 aliphatic carbocycles. The molecule has 0 unspecified atom stereocenters. The summed E-state index contributed by atoms with van der Waals surface area (Å²) in [4.78, 5) is 2.27. The van der Waals surface area contributed by atoms with Gasteiger partial charge in [-0.1, -0.05) is 31.7 Å². The predicted octanol–water partition coefficient (Wildman–Crippen LogP) is 6.67. The molecule has 0 amide bonds. The molecule has 0 saturated carbocycles. The largest absolute Gasteiger partial charge is 0.508 e. The van der Waals surface area contributed by atoms with Crippen molar-refractivity contribution in [2.45, 2.75) is 45.6 Å². The SMILES string of the molecule is C.Oc1ccc2c(c1)CCCC(c1ccc3nonc3c1)=C2c1ccc(O[C@H]2CCN(CCCF)C2)cc1. The number of alkyl halides is 1. The molecule has 0 radical (unpaired) electrons. The van der Waals surface area contributed by atoms with Gasteiger partial charge in [-0.25, -0.2) is 4.63 Å². The summed E-state index contributed by atoms with van der Waals surface area (Å²) in [6, 6.07) is 20.1. The van der Waals surface area contributed by atoms with Crippen molar-refractivity contribution < 1.29 is 18.9 Å². The van der Waals surface area contributed by atoms with E-state index in [-0.39, 0.29) is 26.0 Å². The molecular formula is C31H34FN3O3. The number of allylic oxidation sites excluding steroid dienone is 1. The number of aryl methyl sites for hydroxylation is 1. The maximum Gasteiger partial charge on any atom is 0.135 e. The van der Waals surface area contributed by atoms with Crippen LogP contribution in [0.5, 0.6) is 11.5 Å². The molecule has 4 aromatic rings. The van der Waals surface area contributed by atoms with Crippen molar-refractivity contribution in [1.82, 2.24) is 15.2 Å². The number of likely N-dealkylation sites (tertiary alicyclic amines) is 1. The average Bonchev–Trinajstić information content (AvgIpc) is 3.53. The molecule has 0 spiro atoms. The Kier molecular flexibility index (Phi) is 7.74. The van der Waals surface area contributed by atoms with Gasteiger partial charge in [-0.3, -0.25) is 9.29 Å². The quantitative estimate of drug-likeness (QED) is 0.296. The summed E-state index contributed by atoms with van der Waals surface area (Å²) in [5.74, 6) is 1.13. The van der Waals surface area contributed by atoms with Gasteiger partial charge in [0.05, 0.1) is 6.67 Å². The van der Waals surface area contributed by atoms with E-state index >= 15 is 0 Å². The van der Waals surface area contributed by atoms with Crippen LogP contribution in [-0.4, -0.2) is 52.7 Å². The average molecular weight is 516 g/mol. The lowest BCUT2D eigenvalue weighted by Crippen LogP contribution is -2.26. The van der Waals surface area contributed by atoms with Gasteiger partial charge in [0.2, 0.25) is 0 Å². The fourth-order valence-electron chi connectivity index (χ4n) is 5.63. The number of fused-ring (bicyclic) bond motifs is 2. The highest BCUT2D eigenvalue weighted by molar-refractivity contribution is 6.01. The zero-order valence-electron chi connectivity index (χ0n) is 20.7. The van der Waals surface area contributed by atoms with Crippen molar-refractivity contribution in [3.05, 3.63) is 82.9 Å². The monoisotopic (exact) mass is 515 g/mol. The molecule has 0 bridgehead atoms. The Morgan fingerprint density at radius 2 is 1.79 bits per heavy atom. The number of aromatic hydroxyl groups is 1. The van der Waals surface area contributed by atoms with E-state index in [9.17, 15) is 9.50 Å². The van der Waals surface area contributed by atoms with Gasteiger partial charge in [0, 0.05) is 19.6 Å². The number of halogens is 1. The molecule has 6 rings (SSSR count). The van der Waals surface area contributed by atoms with Gasteiger partial charge >= 0.3 is 0 Å². The summed E-state index contributed by atoms with van der Waals surface area (Å²) in [5, 5.41) is 18.2. The number of phenols is 1. The number of rotatable bonds is 7. The normalized spacial score (nSPS) is 17.8. The van der Waals surface area contributed by atoms with Crippen LogP contribution in [-0.2, 0) is 6.42 Å². The van der Waals surface area contributed by atoms with E-state index in [1.165, 1.54) is 5.57 Å². The first kappa shape index (κ1) is 25.9. The van der Waals surface area contributed by atoms with Crippen LogP contribution in [0, 0.1) is 0 Å². The minimum absolute atomic E-state index is 0. The van der Waals surface area contributed by atoms with Gasteiger partial charge in [0.25, 0.3) is 0 Å². The van der Waals surface area contributed by atoms with E-state index in [0.717, 1.165) is 89.9 Å². The van der Waals surface area contributed by atoms with Gasteiger partial charge in [-0.05, 0) is 112 Å². The number of nitrogens with zero attached hydrogens (tertiary/aromatic N) is 3. The molecule has 198 valence electrons. The van der Waals surface area contributed by atoms with Crippen molar-refractivity contribution in [2.24, 2.45) is 0 Å². The summed E-state index contributed by atoms with van der Waals surface area (Å²) >= 11 is 0. The predicted molar refractivity (Wildman–Crippen MR) is 148 cm³/mol. The second-order valence-electron chi connectivity index (χ2n) is 9.91. The van der Waals surface area contributed by atoms with Crippen LogP contribution in [0.15, 0.2) is 65.3 Å². The van der Waals surface area contributed by atoms with Crippen LogP contribution in [0.1, 0.15) is 55.4 Å². The minimum atomic E-state index is -0.270. The number of hydrogen-bond donors (Lipinski definition) is 1. The highest BCUT2D eigenvalue weighted by Gasteiger charge is 2.24. The summed E-state index contributed by atoms with van der Waals surface area (Å²) in [5.41, 5.74) is 8.35. The molecule has 2 heterocycles. The highest BCUT2D eigenvalue weighted by Crippen LogP contribution is 2.41. The minimum Gasteiger partial charge on any atom is -0.508 e. The van der Waals surface area contributed by atoms with Crippen LogP contribution in [0.3, 0.4) is 0 Å². The molecule has 2 aliphatic rings. The highest BCUT2D eigenvalue weighted by atomic mass is 19.1. The third-order valence-corrected chi connectivity index (χ3v) is 7.42. The summed E-state index contributed by atoms with van der Waals surface area (Å²) in [6.07, 6.45) is 4.44. The number of ether oxygens (including phenoxy) is 1. The van der Waals surface area contributed by atoms with Crippen molar-refractivity contribution >= 4 is 22.2 Å². The third kappa shape index (κ3) is 5.29. The number of aromatic nitrogens is 2. The van der Waals surface area contributed by atoms with Crippen molar-refractivity contribution in [2.75, 3.05) is 26.3 Å². The molecule has 3 aromatic carbocycles. The van der Waals surface area contributed by atoms with Crippen molar-refractivity contribution in [3.63, 3.8) is 0 Å². The van der Waals surface area contributed by atoms with Gasteiger partial charge < -0.3 is 9.84 Å². The molecule has 7 heteroatoms. The van der Waals surface area contributed by atoms with E-state index < -0.39 is 0 Å². The summed E-state index contributed by atoms with van der Waals surface area (Å²) in [6.45, 7) is 2.31. The maximum atomic E-state index is 12.5. The number of phenolic OH excluding ortho intramolecular Hbond substituents is 1. The number of benzene rings is 3. The molecule has 1 aromatic heterocycles. The molecule has 1 N–H and O–H groups in total. The first-order chi connectivity index (χ1) is 18.2. The fraction of sp³-hybridized carbons (Fsp3) is 0.355. The Bertz CT molecular complexity index is 1430. The lowest BCUT2D eigenvalue weighted by molar-refractivity contribution is 0.198. The van der Waals surface area contributed by atoms with Gasteiger partial charge in [-0.15, -0.1) is 0 Å². The Morgan fingerprint density at radius 1 is 0.974 bits per heavy atom. The molecular weight excluding hydrogens is 481 g/mol. The molecule has 6 nitrogen and oxygen atoms in total.